The molecule has 1 heterocycles. The molecule has 0 unspecified atom stereocenters. The molecular formula is C18H22N2O. The van der Waals surface area contributed by atoms with Crippen LogP contribution >= 0.6 is 0 Å². The average molecular weight is 282 g/mol. The second-order valence-corrected chi connectivity index (χ2v) is 5.84. The van der Waals surface area contributed by atoms with E-state index < -0.39 is 0 Å². The van der Waals surface area contributed by atoms with Gasteiger partial charge in [0.1, 0.15) is 0 Å². The second-order valence-electron chi connectivity index (χ2n) is 5.84. The smallest absolute Gasteiger partial charge is 0.162 e. The number of aromatic nitrogens is 2. The van der Waals surface area contributed by atoms with E-state index in [0.29, 0.717) is 6.42 Å². The minimum atomic E-state index is 0.270. The van der Waals surface area contributed by atoms with E-state index in [1.807, 2.05) is 17.1 Å². The number of unbranched alkanes of at least 4 members (excludes halogenated alkanes) is 1. The molecule has 1 aliphatic rings. The van der Waals surface area contributed by atoms with Crippen LogP contribution in [0.25, 0.3) is 5.69 Å². The van der Waals surface area contributed by atoms with Gasteiger partial charge in [-0.1, -0.05) is 13.3 Å². The van der Waals surface area contributed by atoms with Crippen molar-refractivity contribution < 1.29 is 4.79 Å². The number of carbonyl (C=O) groups excluding carboxylic acids is 1. The number of carbonyl (C=O) groups is 1. The molecule has 0 N–H and O–H groups in total. The summed E-state index contributed by atoms with van der Waals surface area (Å²) in [6, 6.07) is 4.19. The van der Waals surface area contributed by atoms with Crippen LogP contribution in [0, 0.1) is 0 Å². The molecule has 0 spiro atoms. The Hall–Kier alpha value is -1.90. The highest BCUT2D eigenvalue weighted by Gasteiger charge is 2.18. The third kappa shape index (κ3) is 2.92. The Bertz CT molecular complexity index is 629. The third-order valence-corrected chi connectivity index (χ3v) is 4.30. The van der Waals surface area contributed by atoms with E-state index in [4.69, 9.17) is 0 Å². The Morgan fingerprint density at radius 2 is 2.14 bits per heavy atom. The van der Waals surface area contributed by atoms with Gasteiger partial charge in [-0.05, 0) is 55.4 Å². The number of ketones is 1. The van der Waals surface area contributed by atoms with Crippen molar-refractivity contribution in [1.82, 2.24) is 9.55 Å². The van der Waals surface area contributed by atoms with E-state index in [0.717, 1.165) is 36.9 Å². The van der Waals surface area contributed by atoms with E-state index in [-0.39, 0.29) is 5.78 Å². The zero-order chi connectivity index (χ0) is 14.7. The molecule has 3 heteroatoms. The fraction of sp³-hybridized carbons (Fsp3) is 0.444. The first-order valence-corrected chi connectivity index (χ1v) is 7.97. The number of hydrogen-bond donors (Lipinski definition) is 0. The van der Waals surface area contributed by atoms with Crippen molar-refractivity contribution in [3.63, 3.8) is 0 Å². The molecule has 1 aromatic heterocycles. The van der Waals surface area contributed by atoms with Gasteiger partial charge in [-0.2, -0.15) is 0 Å². The van der Waals surface area contributed by atoms with Crippen LogP contribution in [0.5, 0.6) is 0 Å². The summed E-state index contributed by atoms with van der Waals surface area (Å²) >= 11 is 0. The van der Waals surface area contributed by atoms with E-state index in [1.165, 1.54) is 24.0 Å². The molecule has 1 aliphatic carbocycles. The van der Waals surface area contributed by atoms with Gasteiger partial charge in [0.05, 0.1) is 12.0 Å². The second kappa shape index (κ2) is 6.25. The van der Waals surface area contributed by atoms with Gasteiger partial charge in [-0.25, -0.2) is 4.98 Å². The molecule has 21 heavy (non-hydrogen) atoms. The Balaban J connectivity index is 2.03. The number of benzene rings is 1. The molecule has 0 saturated carbocycles. The fourth-order valence-corrected chi connectivity index (χ4v) is 3.12. The summed E-state index contributed by atoms with van der Waals surface area (Å²) in [4.78, 5) is 16.5. The largest absolute Gasteiger partial charge is 0.306 e. The quantitative estimate of drug-likeness (QED) is 0.773. The highest BCUT2D eigenvalue weighted by Crippen LogP contribution is 2.29. The molecular weight excluding hydrogens is 260 g/mol. The Morgan fingerprint density at radius 3 is 2.90 bits per heavy atom. The number of rotatable bonds is 5. The first kappa shape index (κ1) is 14.1. The molecule has 0 bridgehead atoms. The zero-order valence-corrected chi connectivity index (χ0v) is 12.6. The summed E-state index contributed by atoms with van der Waals surface area (Å²) in [6.45, 7) is 2.12. The predicted octanol–water partition coefficient (Wildman–Crippen LogP) is 4.12. The zero-order valence-electron chi connectivity index (χ0n) is 12.6. The van der Waals surface area contributed by atoms with Gasteiger partial charge in [0.15, 0.2) is 5.78 Å². The highest BCUT2D eigenvalue weighted by atomic mass is 16.1. The molecule has 1 aromatic carbocycles. The number of imidazole rings is 1. The maximum absolute atomic E-state index is 12.4. The molecule has 110 valence electrons. The van der Waals surface area contributed by atoms with E-state index in [1.54, 1.807) is 6.20 Å². The molecule has 0 atom stereocenters. The van der Waals surface area contributed by atoms with Gasteiger partial charge >= 0.3 is 0 Å². The summed E-state index contributed by atoms with van der Waals surface area (Å²) in [5.41, 5.74) is 4.76. The summed E-state index contributed by atoms with van der Waals surface area (Å²) in [5, 5.41) is 0. The molecule has 0 aliphatic heterocycles. The number of Topliss-reactive ketones (excluding diaryl/α,β-unsaturated/α-hetero) is 1. The fourth-order valence-electron chi connectivity index (χ4n) is 3.12. The van der Waals surface area contributed by atoms with Crippen LogP contribution in [0.1, 0.15) is 60.5 Å². The van der Waals surface area contributed by atoms with Gasteiger partial charge in [0.25, 0.3) is 0 Å². The number of fused-ring (bicyclic) bond motifs is 1. The van der Waals surface area contributed by atoms with Crippen molar-refractivity contribution in [1.29, 1.82) is 0 Å². The third-order valence-electron chi connectivity index (χ3n) is 4.30. The van der Waals surface area contributed by atoms with Crippen LogP contribution in [0.2, 0.25) is 0 Å². The lowest BCUT2D eigenvalue weighted by molar-refractivity contribution is 0.0979. The lowest BCUT2D eigenvalue weighted by atomic mass is 9.87. The minimum Gasteiger partial charge on any atom is -0.306 e. The van der Waals surface area contributed by atoms with Crippen molar-refractivity contribution in [3.05, 3.63) is 47.5 Å². The molecule has 0 radical (unpaired) electrons. The number of aryl methyl sites for hydroxylation is 1. The highest BCUT2D eigenvalue weighted by molar-refractivity contribution is 5.97. The summed E-state index contributed by atoms with van der Waals surface area (Å²) in [5.74, 6) is 0.270. The van der Waals surface area contributed by atoms with Crippen LogP contribution in [0.3, 0.4) is 0 Å². The van der Waals surface area contributed by atoms with Gasteiger partial charge < -0.3 is 4.57 Å². The topological polar surface area (TPSA) is 34.9 Å². The maximum Gasteiger partial charge on any atom is 0.162 e. The Labute approximate surface area is 126 Å². The van der Waals surface area contributed by atoms with Crippen molar-refractivity contribution >= 4 is 5.78 Å². The normalized spacial score (nSPS) is 14.0. The lowest BCUT2D eigenvalue weighted by Crippen LogP contribution is -2.11. The van der Waals surface area contributed by atoms with E-state index in [9.17, 15) is 4.79 Å². The monoisotopic (exact) mass is 282 g/mol. The van der Waals surface area contributed by atoms with E-state index in [2.05, 4.69) is 24.0 Å². The van der Waals surface area contributed by atoms with Crippen molar-refractivity contribution in [2.75, 3.05) is 0 Å². The van der Waals surface area contributed by atoms with Crippen molar-refractivity contribution in [2.24, 2.45) is 0 Å². The van der Waals surface area contributed by atoms with Gasteiger partial charge in [0.2, 0.25) is 0 Å². The standard InChI is InChI=1S/C18H22N2O/c1-2-3-8-18(21)15-11-14-6-4-5-7-16(14)17(12-15)20-10-9-19-13-20/h9-13H,2-8H2,1H3. The van der Waals surface area contributed by atoms with Gasteiger partial charge in [-0.3, -0.25) is 4.79 Å². The van der Waals surface area contributed by atoms with Crippen LogP contribution in [-0.2, 0) is 12.8 Å². The van der Waals surface area contributed by atoms with Crippen molar-refractivity contribution in [2.45, 2.75) is 51.9 Å². The van der Waals surface area contributed by atoms with Crippen LogP contribution in [0.4, 0.5) is 0 Å². The predicted molar refractivity (Wildman–Crippen MR) is 84.1 cm³/mol. The minimum absolute atomic E-state index is 0.270. The molecule has 2 aromatic rings. The number of nitrogens with zero attached hydrogens (tertiary/aromatic N) is 2. The van der Waals surface area contributed by atoms with Gasteiger partial charge in [-0.15, -0.1) is 0 Å². The first-order valence-electron chi connectivity index (χ1n) is 7.97. The SMILES string of the molecule is CCCCC(=O)c1cc2c(c(-n3ccnc3)c1)CCCC2. The van der Waals surface area contributed by atoms with Crippen molar-refractivity contribution in [3.8, 4) is 5.69 Å². The number of hydrogen-bond acceptors (Lipinski definition) is 2. The maximum atomic E-state index is 12.4. The molecule has 0 saturated heterocycles. The summed E-state index contributed by atoms with van der Waals surface area (Å²) in [7, 11) is 0. The summed E-state index contributed by atoms with van der Waals surface area (Å²) in [6.07, 6.45) is 12.9. The average Bonchev–Trinajstić information content (AvgIpc) is 3.05. The van der Waals surface area contributed by atoms with Crippen LogP contribution in [0.15, 0.2) is 30.9 Å². The molecule has 3 rings (SSSR count). The summed E-state index contributed by atoms with van der Waals surface area (Å²) < 4.78 is 2.04. The Kier molecular flexibility index (Phi) is 4.18. The Morgan fingerprint density at radius 1 is 1.29 bits per heavy atom. The van der Waals surface area contributed by atoms with Crippen LogP contribution in [-0.4, -0.2) is 15.3 Å². The lowest BCUT2D eigenvalue weighted by Gasteiger charge is -2.21. The first-order chi connectivity index (χ1) is 10.3. The molecule has 3 nitrogen and oxygen atoms in total. The molecule has 0 amide bonds. The van der Waals surface area contributed by atoms with E-state index >= 15 is 0 Å². The van der Waals surface area contributed by atoms with Gasteiger partial charge in [0, 0.05) is 24.4 Å². The van der Waals surface area contributed by atoms with Crippen LogP contribution < -0.4 is 0 Å². The molecule has 0 fully saturated rings.